The summed E-state index contributed by atoms with van der Waals surface area (Å²) in [4.78, 5) is 10.9. The summed E-state index contributed by atoms with van der Waals surface area (Å²) in [6.45, 7) is -0.575. The standard InChI is InChI=1S/C19H20O8/c20-9-14-16(23)17(24)18(25)19(27-14)26-13-7-5-10-3-1-2-4-11(10)12(13)6-8-15(21)22/h1-8,14,16-20,23-25H,9H2,(H,21,22)/t14-,16+,17+,18-,19-/m1/s1. The molecular formula is C19H20O8. The highest BCUT2D eigenvalue weighted by Gasteiger charge is 2.44. The number of fused-ring (bicyclic) bond motifs is 1. The van der Waals surface area contributed by atoms with E-state index >= 15 is 0 Å². The van der Waals surface area contributed by atoms with Crippen molar-refractivity contribution in [3.63, 3.8) is 0 Å². The first kappa shape index (κ1) is 19.3. The molecule has 1 fully saturated rings. The molecule has 144 valence electrons. The van der Waals surface area contributed by atoms with Crippen LogP contribution < -0.4 is 4.74 Å². The Morgan fingerprint density at radius 2 is 1.81 bits per heavy atom. The Morgan fingerprint density at radius 1 is 1.07 bits per heavy atom. The molecule has 8 nitrogen and oxygen atoms in total. The second kappa shape index (κ2) is 8.03. The van der Waals surface area contributed by atoms with Gasteiger partial charge in [-0.05, 0) is 22.9 Å². The molecule has 0 unspecified atom stereocenters. The first-order chi connectivity index (χ1) is 12.9. The molecule has 2 aromatic rings. The number of carboxylic acids is 1. The maximum Gasteiger partial charge on any atom is 0.328 e. The SMILES string of the molecule is O=C(O)C=Cc1c(O[C@@H]2O[C@H](CO)[C@H](O)[C@H](O)[C@H]2O)ccc2ccccc12. The minimum absolute atomic E-state index is 0.218. The summed E-state index contributed by atoms with van der Waals surface area (Å²) in [6.07, 6.45) is -4.77. The Morgan fingerprint density at radius 3 is 2.52 bits per heavy atom. The van der Waals surface area contributed by atoms with E-state index in [1.165, 1.54) is 6.08 Å². The van der Waals surface area contributed by atoms with Gasteiger partial charge >= 0.3 is 5.97 Å². The van der Waals surface area contributed by atoms with E-state index in [1.54, 1.807) is 24.3 Å². The molecule has 5 N–H and O–H groups in total. The third-order valence-electron chi connectivity index (χ3n) is 4.41. The Labute approximate surface area is 154 Å². The molecule has 1 aliphatic rings. The van der Waals surface area contributed by atoms with Crippen LogP contribution in [0.4, 0.5) is 0 Å². The molecule has 1 heterocycles. The van der Waals surface area contributed by atoms with Crippen LogP contribution in [0.1, 0.15) is 5.56 Å². The van der Waals surface area contributed by atoms with E-state index in [0.29, 0.717) is 5.56 Å². The van der Waals surface area contributed by atoms with Crippen LogP contribution in [0.5, 0.6) is 5.75 Å². The fourth-order valence-electron chi connectivity index (χ4n) is 2.99. The van der Waals surface area contributed by atoms with Crippen molar-refractivity contribution < 1.29 is 39.8 Å². The van der Waals surface area contributed by atoms with Crippen molar-refractivity contribution in [2.75, 3.05) is 6.61 Å². The van der Waals surface area contributed by atoms with Crippen LogP contribution in [0.2, 0.25) is 0 Å². The lowest BCUT2D eigenvalue weighted by molar-refractivity contribution is -0.277. The maximum atomic E-state index is 10.9. The summed E-state index contributed by atoms with van der Waals surface area (Å²) >= 11 is 0. The average molecular weight is 376 g/mol. The van der Waals surface area contributed by atoms with Gasteiger partial charge in [0.25, 0.3) is 0 Å². The fraction of sp³-hybridized carbons (Fsp3) is 0.316. The summed E-state index contributed by atoms with van der Waals surface area (Å²) in [6, 6.07) is 10.6. The van der Waals surface area contributed by atoms with Crippen LogP contribution in [-0.4, -0.2) is 68.8 Å². The number of rotatable bonds is 5. The number of carboxylic acid groups (broad SMARTS) is 1. The van der Waals surface area contributed by atoms with Gasteiger partial charge in [0, 0.05) is 11.6 Å². The molecule has 5 atom stereocenters. The highest BCUT2D eigenvalue weighted by Crippen LogP contribution is 2.32. The first-order valence-electron chi connectivity index (χ1n) is 8.32. The lowest BCUT2D eigenvalue weighted by Crippen LogP contribution is -2.60. The second-order valence-electron chi connectivity index (χ2n) is 6.19. The van der Waals surface area contributed by atoms with Gasteiger partial charge in [0.1, 0.15) is 30.2 Å². The zero-order valence-electron chi connectivity index (χ0n) is 14.2. The van der Waals surface area contributed by atoms with Crippen molar-refractivity contribution in [3.05, 3.63) is 48.0 Å². The molecule has 0 saturated carbocycles. The zero-order valence-corrected chi connectivity index (χ0v) is 14.2. The Hall–Kier alpha value is -2.49. The van der Waals surface area contributed by atoms with Crippen LogP contribution in [0.15, 0.2) is 42.5 Å². The molecule has 0 aliphatic carbocycles. The topological polar surface area (TPSA) is 137 Å². The van der Waals surface area contributed by atoms with Crippen LogP contribution >= 0.6 is 0 Å². The molecule has 0 amide bonds. The van der Waals surface area contributed by atoms with Crippen molar-refractivity contribution in [2.24, 2.45) is 0 Å². The maximum absolute atomic E-state index is 10.9. The highest BCUT2D eigenvalue weighted by molar-refractivity contribution is 5.96. The molecule has 3 rings (SSSR count). The molecular weight excluding hydrogens is 356 g/mol. The number of aliphatic hydroxyl groups is 4. The van der Waals surface area contributed by atoms with E-state index in [1.807, 2.05) is 12.1 Å². The van der Waals surface area contributed by atoms with Gasteiger partial charge in [-0.25, -0.2) is 4.79 Å². The van der Waals surface area contributed by atoms with Crippen LogP contribution in [-0.2, 0) is 9.53 Å². The monoisotopic (exact) mass is 376 g/mol. The van der Waals surface area contributed by atoms with Crippen LogP contribution in [0, 0.1) is 0 Å². The van der Waals surface area contributed by atoms with Crippen molar-refractivity contribution in [1.29, 1.82) is 0 Å². The minimum atomic E-state index is -1.57. The normalized spacial score (nSPS) is 28.5. The molecule has 0 bridgehead atoms. The van der Waals surface area contributed by atoms with E-state index in [4.69, 9.17) is 14.6 Å². The number of aliphatic hydroxyl groups excluding tert-OH is 4. The number of benzene rings is 2. The number of hydrogen-bond donors (Lipinski definition) is 5. The molecule has 2 aromatic carbocycles. The third-order valence-corrected chi connectivity index (χ3v) is 4.41. The molecule has 1 aliphatic heterocycles. The summed E-state index contributed by atoms with van der Waals surface area (Å²) in [5, 5.41) is 49.7. The first-order valence-corrected chi connectivity index (χ1v) is 8.32. The van der Waals surface area contributed by atoms with E-state index in [-0.39, 0.29) is 5.75 Å². The summed E-state index contributed by atoms with van der Waals surface area (Å²) in [5.74, 6) is -0.919. The van der Waals surface area contributed by atoms with Gasteiger partial charge in [-0.15, -0.1) is 0 Å². The van der Waals surface area contributed by atoms with Gasteiger partial charge in [-0.2, -0.15) is 0 Å². The van der Waals surface area contributed by atoms with Gasteiger partial charge in [-0.1, -0.05) is 30.3 Å². The quantitative estimate of drug-likeness (QED) is 0.464. The highest BCUT2D eigenvalue weighted by atomic mass is 16.7. The number of ether oxygens (including phenoxy) is 2. The molecule has 0 spiro atoms. The van der Waals surface area contributed by atoms with Gasteiger partial charge in [-0.3, -0.25) is 0 Å². The zero-order chi connectivity index (χ0) is 19.6. The van der Waals surface area contributed by atoms with E-state index in [0.717, 1.165) is 16.8 Å². The molecule has 1 saturated heterocycles. The average Bonchev–Trinajstić information content (AvgIpc) is 2.67. The van der Waals surface area contributed by atoms with Crippen LogP contribution in [0.25, 0.3) is 16.8 Å². The van der Waals surface area contributed by atoms with Crippen molar-refractivity contribution in [3.8, 4) is 5.75 Å². The van der Waals surface area contributed by atoms with Gasteiger partial charge in [0.15, 0.2) is 0 Å². The van der Waals surface area contributed by atoms with Crippen molar-refractivity contribution in [1.82, 2.24) is 0 Å². The predicted molar refractivity (Wildman–Crippen MR) is 95.0 cm³/mol. The van der Waals surface area contributed by atoms with Gasteiger partial charge < -0.3 is 35.0 Å². The third kappa shape index (κ3) is 3.95. The molecule has 8 heteroatoms. The van der Waals surface area contributed by atoms with E-state index < -0.39 is 43.3 Å². The number of aliphatic carboxylic acids is 1. The minimum Gasteiger partial charge on any atom is -0.478 e. The molecule has 0 radical (unpaired) electrons. The predicted octanol–water partition coefficient (Wildman–Crippen LogP) is 0.116. The molecule has 0 aromatic heterocycles. The lowest BCUT2D eigenvalue weighted by atomic mass is 9.99. The number of hydrogen-bond acceptors (Lipinski definition) is 7. The smallest absolute Gasteiger partial charge is 0.328 e. The summed E-state index contributed by atoms with van der Waals surface area (Å²) in [5.41, 5.74) is 0.451. The van der Waals surface area contributed by atoms with Crippen LogP contribution in [0.3, 0.4) is 0 Å². The number of carbonyl (C=O) groups is 1. The Kier molecular flexibility index (Phi) is 5.73. The van der Waals surface area contributed by atoms with Gasteiger partial charge in [0.2, 0.25) is 6.29 Å². The Bertz CT molecular complexity index is 847. The summed E-state index contributed by atoms with van der Waals surface area (Å²) in [7, 11) is 0. The van der Waals surface area contributed by atoms with Crippen molar-refractivity contribution >= 4 is 22.8 Å². The summed E-state index contributed by atoms with van der Waals surface area (Å²) < 4.78 is 11.0. The molecule has 27 heavy (non-hydrogen) atoms. The largest absolute Gasteiger partial charge is 0.478 e. The van der Waals surface area contributed by atoms with Gasteiger partial charge in [0.05, 0.1) is 6.61 Å². The second-order valence-corrected chi connectivity index (χ2v) is 6.19. The van der Waals surface area contributed by atoms with Crippen molar-refractivity contribution in [2.45, 2.75) is 30.7 Å². The fourth-order valence-corrected chi connectivity index (χ4v) is 2.99. The van der Waals surface area contributed by atoms with E-state index in [2.05, 4.69) is 0 Å². The Balaban J connectivity index is 1.98. The van der Waals surface area contributed by atoms with E-state index in [9.17, 15) is 25.2 Å². The lowest BCUT2D eigenvalue weighted by Gasteiger charge is -2.39.